The first-order valence-corrected chi connectivity index (χ1v) is 11.8. The average molecular weight is 601 g/mol. The van der Waals surface area contributed by atoms with Gasteiger partial charge in [-0.15, -0.1) is 0 Å². The predicted molar refractivity (Wildman–Crippen MR) is 151 cm³/mol. The molecule has 2 aliphatic heterocycles. The van der Waals surface area contributed by atoms with Gasteiger partial charge in [0.05, 0.1) is 0 Å². The Morgan fingerprint density at radius 1 is 0.714 bits per heavy atom. The van der Waals surface area contributed by atoms with Crippen LogP contribution in [0.1, 0.15) is 54.9 Å². The number of hydrogen-bond donors (Lipinski definition) is 4. The fourth-order valence-corrected chi connectivity index (χ4v) is 1.61. The summed E-state index contributed by atoms with van der Waals surface area (Å²) in [7, 11) is 0. The van der Waals surface area contributed by atoms with Gasteiger partial charge in [0.15, 0.2) is 11.6 Å². The van der Waals surface area contributed by atoms with Crippen molar-refractivity contribution in [1.29, 1.82) is 0 Å². The lowest BCUT2D eigenvalue weighted by Gasteiger charge is -2.08. The summed E-state index contributed by atoms with van der Waals surface area (Å²) in [5, 5.41) is 23.5. The number of carboxylic acid groups (broad SMARTS) is 3. The highest BCUT2D eigenvalue weighted by atomic mass is 16.6. The second kappa shape index (κ2) is 30.5. The Balaban J connectivity index is -0.000000134. The maximum atomic E-state index is 10.6. The number of allylic oxidation sites excluding steroid dienone is 2. The van der Waals surface area contributed by atoms with Gasteiger partial charge in [-0.1, -0.05) is 28.2 Å². The molecule has 0 saturated carbocycles. The first-order chi connectivity index (χ1) is 19.0. The molecule has 0 atom stereocenters. The van der Waals surface area contributed by atoms with Crippen molar-refractivity contribution in [2.75, 3.05) is 13.1 Å². The van der Waals surface area contributed by atoms with Crippen molar-refractivity contribution in [3.05, 3.63) is 48.6 Å². The third kappa shape index (κ3) is 37.1. The van der Waals surface area contributed by atoms with Crippen LogP contribution >= 0.6 is 0 Å². The van der Waals surface area contributed by atoms with E-state index in [1.165, 1.54) is 17.1 Å². The van der Waals surface area contributed by atoms with Gasteiger partial charge in [0.2, 0.25) is 0 Å². The molecule has 0 bridgehead atoms. The van der Waals surface area contributed by atoms with Gasteiger partial charge < -0.3 is 25.8 Å². The molecule has 15 nitrogen and oxygen atoms in total. The number of esters is 2. The number of aliphatic carboxylic acids is 3. The van der Waals surface area contributed by atoms with Crippen molar-refractivity contribution in [3.63, 3.8) is 0 Å². The Morgan fingerprint density at radius 3 is 1.14 bits per heavy atom. The third-order valence-electron chi connectivity index (χ3n) is 3.29. The van der Waals surface area contributed by atoms with E-state index in [1.54, 1.807) is 20.8 Å². The molecule has 0 unspecified atom stereocenters. The quantitative estimate of drug-likeness (QED) is 0.140. The first-order valence-electron chi connectivity index (χ1n) is 11.8. The molecule has 0 aromatic heterocycles. The lowest BCUT2D eigenvalue weighted by molar-refractivity contribution is -0.150. The summed E-state index contributed by atoms with van der Waals surface area (Å²) >= 11 is 0. The molecule has 0 fully saturated rings. The van der Waals surface area contributed by atoms with E-state index in [1.807, 2.05) is 6.92 Å². The van der Waals surface area contributed by atoms with Crippen LogP contribution in [0.15, 0.2) is 48.6 Å². The zero-order chi connectivity index (χ0) is 33.0. The lowest BCUT2D eigenvalue weighted by atomic mass is 10.3. The van der Waals surface area contributed by atoms with Gasteiger partial charge in [0.1, 0.15) is 0 Å². The number of ketones is 2. The van der Waals surface area contributed by atoms with Gasteiger partial charge in [-0.25, -0.2) is 19.2 Å². The molecule has 0 aromatic carbocycles. The lowest BCUT2D eigenvalue weighted by Crippen LogP contribution is -2.29. The largest absolute Gasteiger partial charge is 0.481 e. The minimum absolute atomic E-state index is 0. The van der Waals surface area contributed by atoms with Crippen LogP contribution in [0.25, 0.3) is 0 Å². The number of rotatable bonds is 7. The molecule has 2 heterocycles. The van der Waals surface area contributed by atoms with Crippen molar-refractivity contribution >= 4 is 53.2 Å². The Morgan fingerprint density at radius 2 is 1.00 bits per heavy atom. The molecule has 15 heteroatoms. The minimum atomic E-state index is -1.09. The number of carboxylic acids is 3. The number of nitrogens with two attached hydrogens (primary N) is 1. The summed E-state index contributed by atoms with van der Waals surface area (Å²) < 4.78 is 3.97. The average Bonchev–Trinajstić information content (AvgIpc) is 3.43. The molecular formula is C27H40N2O13. The van der Waals surface area contributed by atoms with Crippen molar-refractivity contribution < 1.29 is 63.2 Å². The second-order valence-electron chi connectivity index (χ2n) is 6.74. The maximum absolute atomic E-state index is 10.6. The fourth-order valence-electron chi connectivity index (χ4n) is 1.61. The maximum Gasteiger partial charge on any atom is 0.338 e. The molecule has 5 N–H and O–H groups in total. The molecule has 2 rings (SSSR count). The topological polar surface area (TPSA) is 253 Å². The highest BCUT2D eigenvalue weighted by Gasteiger charge is 2.20. The van der Waals surface area contributed by atoms with Crippen LogP contribution in [0.2, 0.25) is 0 Å². The van der Waals surface area contributed by atoms with Crippen molar-refractivity contribution in [2.24, 2.45) is 5.73 Å². The first kappa shape index (κ1) is 46.8. The van der Waals surface area contributed by atoms with Crippen LogP contribution < -0.4 is 5.73 Å². The summed E-state index contributed by atoms with van der Waals surface area (Å²) in [6.07, 6.45) is 9.23. The molecule has 0 aromatic rings. The van der Waals surface area contributed by atoms with E-state index in [9.17, 15) is 38.4 Å². The number of likely N-dealkylation sites (N-methyl/N-ethyl adjacent to an activating group) is 1. The Kier molecular flexibility index (Phi) is 34.0. The molecular weight excluding hydrogens is 560 g/mol. The van der Waals surface area contributed by atoms with Gasteiger partial charge in [0, 0.05) is 62.8 Å². The summed E-state index contributed by atoms with van der Waals surface area (Å²) in [6, 6.07) is 0. The van der Waals surface area contributed by atoms with Gasteiger partial charge in [-0.2, -0.15) is 0 Å². The SMILES string of the molecule is C.CC(=O)O.CCC(=O)/C=C\C(=O)O.CCC(=O)/C=C\C(=O)O.CCN.CCN1C(=O)C=CC1=O.O=C1C=CC(=O)O1. The molecule has 42 heavy (non-hydrogen) atoms. The zero-order valence-electron chi connectivity index (χ0n) is 23.4. The van der Waals surface area contributed by atoms with E-state index in [0.29, 0.717) is 19.4 Å². The van der Waals surface area contributed by atoms with E-state index in [2.05, 4.69) is 4.74 Å². The molecule has 236 valence electrons. The van der Waals surface area contributed by atoms with E-state index in [4.69, 9.17) is 25.8 Å². The molecule has 0 spiro atoms. The van der Waals surface area contributed by atoms with Crippen LogP contribution in [-0.2, 0) is 47.9 Å². The number of hydrogen-bond acceptors (Lipinski definition) is 11. The Labute approximate surface area is 244 Å². The monoisotopic (exact) mass is 600 g/mol. The number of cyclic esters (lactones) is 2. The molecule has 0 radical (unpaired) electrons. The Hall–Kier alpha value is -5.05. The summed E-state index contributed by atoms with van der Waals surface area (Å²) in [5.74, 6) is -4.91. The molecule has 2 amide bonds. The summed E-state index contributed by atoms with van der Waals surface area (Å²) in [6.45, 7) is 9.32. The van der Waals surface area contributed by atoms with E-state index in [0.717, 1.165) is 49.9 Å². The van der Waals surface area contributed by atoms with Gasteiger partial charge in [0.25, 0.3) is 17.8 Å². The third-order valence-corrected chi connectivity index (χ3v) is 3.29. The number of nitrogens with zero attached hydrogens (tertiary/aromatic N) is 1. The predicted octanol–water partition coefficient (Wildman–Crippen LogP) is 1.46. The Bertz CT molecular complexity index is 965. The summed E-state index contributed by atoms with van der Waals surface area (Å²) in [5.41, 5.74) is 4.85. The zero-order valence-corrected chi connectivity index (χ0v) is 23.4. The fraction of sp³-hybridized carbons (Fsp3) is 0.370. The number of ether oxygens (including phenoxy) is 1. The second-order valence-corrected chi connectivity index (χ2v) is 6.74. The van der Waals surface area contributed by atoms with E-state index >= 15 is 0 Å². The normalized spacial score (nSPS) is 12.0. The molecule has 2 aliphatic rings. The van der Waals surface area contributed by atoms with Crippen LogP contribution in [0.4, 0.5) is 0 Å². The van der Waals surface area contributed by atoms with E-state index < -0.39 is 29.8 Å². The number of imide groups is 1. The smallest absolute Gasteiger partial charge is 0.338 e. The highest BCUT2D eigenvalue weighted by Crippen LogP contribution is 2.00. The number of carbonyl (C=O) groups is 9. The van der Waals surface area contributed by atoms with Crippen molar-refractivity contribution in [3.8, 4) is 0 Å². The highest BCUT2D eigenvalue weighted by molar-refractivity contribution is 6.12. The van der Waals surface area contributed by atoms with Crippen LogP contribution in [-0.4, -0.2) is 86.5 Å². The van der Waals surface area contributed by atoms with Crippen molar-refractivity contribution in [1.82, 2.24) is 4.90 Å². The van der Waals surface area contributed by atoms with Gasteiger partial charge >= 0.3 is 23.9 Å². The molecule has 0 aliphatic carbocycles. The van der Waals surface area contributed by atoms with Gasteiger partial charge in [-0.05, 0) is 25.6 Å². The van der Waals surface area contributed by atoms with Gasteiger partial charge in [-0.3, -0.25) is 28.9 Å². The minimum Gasteiger partial charge on any atom is -0.481 e. The molecule has 0 saturated heterocycles. The number of carbonyl (C=O) groups excluding carboxylic acids is 6. The van der Waals surface area contributed by atoms with Crippen LogP contribution in [0.3, 0.4) is 0 Å². The van der Waals surface area contributed by atoms with Crippen LogP contribution in [0.5, 0.6) is 0 Å². The van der Waals surface area contributed by atoms with E-state index in [-0.39, 0.29) is 30.8 Å². The van der Waals surface area contributed by atoms with Crippen molar-refractivity contribution in [2.45, 2.75) is 54.9 Å². The standard InChI is InChI=1S/C6H7NO2.2C6H8O3.C4H2O3.C2H7N.C2H4O2.CH4/c1-2-7-5(8)3-4-6(7)9;2*1-2-5(7)3-4-6(8)9;5-3-1-2-4(6)7-3;1-2-3;1-2(3)4;/h3-4H,2H2,1H3;2*3-4H,2H2,1H3,(H,8,9);1-2H;2-3H2,1H3;1H3,(H,3,4);1H4/b;2*4-3-;;;;. The van der Waals surface area contributed by atoms with Crippen LogP contribution in [0, 0.1) is 0 Å². The number of amides is 2. The summed E-state index contributed by atoms with van der Waals surface area (Å²) in [4.78, 5) is 91.6.